The van der Waals surface area contributed by atoms with Gasteiger partial charge in [-0.3, -0.25) is 4.79 Å². The molecule has 1 N–H and O–H groups in total. The van der Waals surface area contributed by atoms with Crippen molar-refractivity contribution in [1.29, 1.82) is 0 Å². The lowest BCUT2D eigenvalue weighted by atomic mass is 9.82. The molecule has 3 rings (SSSR count). The second-order valence-electron chi connectivity index (χ2n) is 6.30. The number of rotatable bonds is 5. The zero-order valence-corrected chi connectivity index (χ0v) is 13.4. The highest BCUT2D eigenvalue weighted by Gasteiger charge is 2.42. The van der Waals surface area contributed by atoms with Gasteiger partial charge in [0.25, 0.3) is 0 Å². The van der Waals surface area contributed by atoms with Crippen molar-refractivity contribution in [3.8, 4) is 0 Å². The van der Waals surface area contributed by atoms with Crippen molar-refractivity contribution >= 4 is 21.8 Å². The maximum atomic E-state index is 12.5. The van der Waals surface area contributed by atoms with Crippen molar-refractivity contribution in [3.63, 3.8) is 0 Å². The zero-order valence-electron chi connectivity index (χ0n) is 11.8. The molecule has 0 aliphatic heterocycles. The molecule has 20 heavy (non-hydrogen) atoms. The van der Waals surface area contributed by atoms with Gasteiger partial charge in [-0.1, -0.05) is 40.2 Å². The van der Waals surface area contributed by atoms with E-state index in [4.69, 9.17) is 0 Å². The number of nitrogens with one attached hydrogen (secondary N) is 1. The molecule has 1 unspecified atom stereocenters. The molecule has 0 radical (unpaired) electrons. The molecule has 1 atom stereocenters. The standard InChI is InChI=1S/C17H22BrNO/c18-11-10-17(8-9-17)12-19-16(20)15-7-3-5-13-4-1-2-6-14(13)15/h1-2,4,6,15H,3,5,7-12H2,(H,19,20). The highest BCUT2D eigenvalue weighted by molar-refractivity contribution is 9.09. The monoisotopic (exact) mass is 335 g/mol. The largest absolute Gasteiger partial charge is 0.355 e. The number of fused-ring (bicyclic) bond motifs is 1. The van der Waals surface area contributed by atoms with Gasteiger partial charge >= 0.3 is 0 Å². The summed E-state index contributed by atoms with van der Waals surface area (Å²) < 4.78 is 0. The van der Waals surface area contributed by atoms with E-state index in [-0.39, 0.29) is 11.8 Å². The van der Waals surface area contributed by atoms with Crippen molar-refractivity contribution in [3.05, 3.63) is 35.4 Å². The van der Waals surface area contributed by atoms with Gasteiger partial charge < -0.3 is 5.32 Å². The van der Waals surface area contributed by atoms with Gasteiger partial charge in [-0.2, -0.15) is 0 Å². The van der Waals surface area contributed by atoms with Crippen molar-refractivity contribution in [2.45, 2.75) is 44.4 Å². The van der Waals surface area contributed by atoms with Gasteiger partial charge in [-0.15, -0.1) is 0 Å². The molecular formula is C17H22BrNO. The summed E-state index contributed by atoms with van der Waals surface area (Å²) in [6.07, 6.45) is 6.94. The number of benzene rings is 1. The second-order valence-corrected chi connectivity index (χ2v) is 7.09. The maximum Gasteiger partial charge on any atom is 0.227 e. The molecule has 108 valence electrons. The third kappa shape index (κ3) is 2.93. The molecule has 0 bridgehead atoms. The molecule has 1 fully saturated rings. The minimum Gasteiger partial charge on any atom is -0.355 e. The average molecular weight is 336 g/mol. The SMILES string of the molecule is O=C(NCC1(CCBr)CC1)C1CCCc2ccccc21. The maximum absolute atomic E-state index is 12.5. The summed E-state index contributed by atoms with van der Waals surface area (Å²) in [6, 6.07) is 8.43. The fourth-order valence-corrected chi connectivity index (χ4v) is 4.16. The third-order valence-corrected chi connectivity index (χ3v) is 5.30. The third-order valence-electron chi connectivity index (χ3n) is 4.91. The van der Waals surface area contributed by atoms with Crippen LogP contribution in [0.1, 0.15) is 49.1 Å². The van der Waals surface area contributed by atoms with Crippen LogP contribution in [0, 0.1) is 5.41 Å². The lowest BCUT2D eigenvalue weighted by Crippen LogP contribution is -2.35. The van der Waals surface area contributed by atoms with Crippen LogP contribution in [-0.2, 0) is 11.2 Å². The summed E-state index contributed by atoms with van der Waals surface area (Å²) in [5.74, 6) is 0.303. The number of alkyl halides is 1. The normalized spacial score (nSPS) is 22.9. The summed E-state index contributed by atoms with van der Waals surface area (Å²) in [5.41, 5.74) is 3.01. The molecule has 2 nitrogen and oxygen atoms in total. The average Bonchev–Trinajstić information content (AvgIpc) is 3.25. The first-order chi connectivity index (χ1) is 9.74. The first-order valence-corrected chi connectivity index (χ1v) is 8.78. The van der Waals surface area contributed by atoms with E-state index in [9.17, 15) is 4.79 Å². The van der Waals surface area contributed by atoms with E-state index < -0.39 is 0 Å². The van der Waals surface area contributed by atoms with Gasteiger partial charge in [0.15, 0.2) is 0 Å². The zero-order chi connectivity index (χ0) is 14.0. The Labute approximate surface area is 129 Å². The fraction of sp³-hybridized carbons (Fsp3) is 0.588. The van der Waals surface area contributed by atoms with E-state index in [1.807, 2.05) is 0 Å². The summed E-state index contributed by atoms with van der Waals surface area (Å²) in [5, 5.41) is 4.26. The van der Waals surface area contributed by atoms with E-state index in [2.05, 4.69) is 45.5 Å². The Morgan fingerprint density at radius 1 is 1.35 bits per heavy atom. The number of aryl methyl sites for hydroxylation is 1. The van der Waals surface area contributed by atoms with Crippen molar-refractivity contribution in [2.75, 3.05) is 11.9 Å². The van der Waals surface area contributed by atoms with E-state index >= 15 is 0 Å². The van der Waals surface area contributed by atoms with Crippen LogP contribution in [0.5, 0.6) is 0 Å². The Hall–Kier alpha value is -0.830. The summed E-state index contributed by atoms with van der Waals surface area (Å²) in [4.78, 5) is 12.5. The highest BCUT2D eigenvalue weighted by Crippen LogP contribution is 2.48. The molecule has 1 aromatic carbocycles. The van der Waals surface area contributed by atoms with Crippen molar-refractivity contribution in [1.82, 2.24) is 5.32 Å². The topological polar surface area (TPSA) is 29.1 Å². The Balaban J connectivity index is 1.64. The number of hydrogen-bond acceptors (Lipinski definition) is 1. The minimum absolute atomic E-state index is 0.0692. The lowest BCUT2D eigenvalue weighted by Gasteiger charge is -2.25. The van der Waals surface area contributed by atoms with Crippen LogP contribution in [-0.4, -0.2) is 17.8 Å². The van der Waals surface area contributed by atoms with Gasteiger partial charge in [-0.05, 0) is 55.1 Å². The predicted octanol–water partition coefficient (Wildman–Crippen LogP) is 3.79. The molecule has 2 aliphatic carbocycles. The number of hydrogen-bond donors (Lipinski definition) is 1. The summed E-state index contributed by atoms with van der Waals surface area (Å²) >= 11 is 3.52. The fourth-order valence-electron chi connectivity index (χ4n) is 3.32. The van der Waals surface area contributed by atoms with Gasteiger partial charge in [-0.25, -0.2) is 0 Å². The van der Waals surface area contributed by atoms with E-state index in [1.54, 1.807) is 0 Å². The first-order valence-electron chi connectivity index (χ1n) is 7.66. The van der Waals surface area contributed by atoms with Crippen LogP contribution in [0.3, 0.4) is 0 Å². The van der Waals surface area contributed by atoms with Gasteiger partial charge in [0, 0.05) is 11.9 Å². The molecule has 0 heterocycles. The lowest BCUT2D eigenvalue weighted by molar-refractivity contribution is -0.123. The Morgan fingerprint density at radius 3 is 2.90 bits per heavy atom. The second kappa shape index (κ2) is 5.88. The molecule has 1 amide bonds. The molecule has 0 aromatic heterocycles. The minimum atomic E-state index is 0.0692. The number of halogens is 1. The predicted molar refractivity (Wildman–Crippen MR) is 85.2 cm³/mol. The van der Waals surface area contributed by atoms with Gasteiger partial charge in [0.2, 0.25) is 5.91 Å². The number of amides is 1. The summed E-state index contributed by atoms with van der Waals surface area (Å²) in [7, 11) is 0. The molecular weight excluding hydrogens is 314 g/mol. The Morgan fingerprint density at radius 2 is 2.15 bits per heavy atom. The van der Waals surface area contributed by atoms with E-state index in [0.29, 0.717) is 5.41 Å². The molecule has 1 saturated carbocycles. The molecule has 2 aliphatic rings. The van der Waals surface area contributed by atoms with Gasteiger partial charge in [0.1, 0.15) is 0 Å². The van der Waals surface area contributed by atoms with Crippen LogP contribution in [0.25, 0.3) is 0 Å². The molecule has 3 heteroatoms. The van der Waals surface area contributed by atoms with Crippen molar-refractivity contribution in [2.24, 2.45) is 5.41 Å². The Kier molecular flexibility index (Phi) is 4.16. The van der Waals surface area contributed by atoms with Crippen LogP contribution in [0.2, 0.25) is 0 Å². The highest BCUT2D eigenvalue weighted by atomic mass is 79.9. The van der Waals surface area contributed by atoms with E-state index in [1.165, 1.54) is 30.4 Å². The molecule has 0 spiro atoms. The molecule has 0 saturated heterocycles. The first kappa shape index (κ1) is 14.1. The smallest absolute Gasteiger partial charge is 0.227 e. The van der Waals surface area contributed by atoms with Gasteiger partial charge in [0.05, 0.1) is 5.92 Å². The van der Waals surface area contributed by atoms with Crippen LogP contribution >= 0.6 is 15.9 Å². The van der Waals surface area contributed by atoms with E-state index in [0.717, 1.165) is 31.1 Å². The molecule has 1 aromatic rings. The number of carbonyl (C=O) groups excluding carboxylic acids is 1. The van der Waals surface area contributed by atoms with Crippen LogP contribution in [0.4, 0.5) is 0 Å². The van der Waals surface area contributed by atoms with Crippen LogP contribution in [0.15, 0.2) is 24.3 Å². The van der Waals surface area contributed by atoms with Crippen molar-refractivity contribution < 1.29 is 4.79 Å². The quantitative estimate of drug-likeness (QED) is 0.815. The van der Waals surface area contributed by atoms with Crippen LogP contribution < -0.4 is 5.32 Å². The number of carbonyl (C=O) groups is 1. The summed E-state index contributed by atoms with van der Waals surface area (Å²) in [6.45, 7) is 0.857. The Bertz CT molecular complexity index is 496.